The maximum absolute atomic E-state index is 12.6. The Kier molecular flexibility index (Phi) is 3.48. The molecular weight excluding hydrogens is 316 g/mol. The van der Waals surface area contributed by atoms with E-state index < -0.39 is 0 Å². The Labute approximate surface area is 124 Å². The second-order valence-electron chi connectivity index (χ2n) is 4.35. The summed E-state index contributed by atoms with van der Waals surface area (Å²) < 4.78 is 0.969. The molecule has 0 aliphatic rings. The third-order valence-electron chi connectivity index (χ3n) is 3.05. The van der Waals surface area contributed by atoms with Crippen LogP contribution in [0.2, 0.25) is 0 Å². The highest BCUT2D eigenvalue weighted by Crippen LogP contribution is 2.20. The van der Waals surface area contributed by atoms with Crippen molar-refractivity contribution < 1.29 is 0 Å². The molecule has 3 aromatic rings. The van der Waals surface area contributed by atoms with Gasteiger partial charge < -0.3 is 0 Å². The number of hydrogen-bond acceptors (Lipinski definition) is 2. The van der Waals surface area contributed by atoms with Crippen LogP contribution < -0.4 is 5.43 Å². The zero-order chi connectivity index (χ0) is 13.9. The lowest BCUT2D eigenvalue weighted by Crippen LogP contribution is -2.11. The summed E-state index contributed by atoms with van der Waals surface area (Å²) in [5, 5.41) is 6.93. The van der Waals surface area contributed by atoms with Crippen LogP contribution in [0.4, 0.5) is 0 Å². The fourth-order valence-corrected chi connectivity index (χ4v) is 2.31. The largest absolute Gasteiger partial charge is 0.287 e. The molecule has 0 spiro atoms. The molecule has 1 N–H and O–H groups in total. The number of aromatic amines is 1. The number of aromatic nitrogens is 2. The Morgan fingerprint density at radius 1 is 0.900 bits per heavy atom. The Morgan fingerprint density at radius 2 is 1.60 bits per heavy atom. The lowest BCUT2D eigenvalue weighted by atomic mass is 10.0. The molecule has 0 amide bonds. The first-order valence-electron chi connectivity index (χ1n) is 6.15. The molecule has 0 atom stereocenters. The number of nitrogens with one attached hydrogen (secondary N) is 1. The molecule has 0 saturated heterocycles. The van der Waals surface area contributed by atoms with Gasteiger partial charge in [0.15, 0.2) is 0 Å². The molecule has 0 fully saturated rings. The van der Waals surface area contributed by atoms with Crippen molar-refractivity contribution >= 4 is 15.9 Å². The van der Waals surface area contributed by atoms with Gasteiger partial charge in [-0.15, -0.1) is 0 Å². The van der Waals surface area contributed by atoms with Crippen molar-refractivity contribution in [3.63, 3.8) is 0 Å². The summed E-state index contributed by atoms with van der Waals surface area (Å²) in [4.78, 5) is 12.6. The predicted molar refractivity (Wildman–Crippen MR) is 83.4 cm³/mol. The van der Waals surface area contributed by atoms with Gasteiger partial charge in [0.25, 0.3) is 0 Å². The quantitative estimate of drug-likeness (QED) is 0.777. The third kappa shape index (κ3) is 2.42. The van der Waals surface area contributed by atoms with Crippen molar-refractivity contribution in [3.05, 3.63) is 75.5 Å². The van der Waals surface area contributed by atoms with E-state index in [0.717, 1.165) is 15.6 Å². The lowest BCUT2D eigenvalue weighted by Gasteiger charge is -2.04. The topological polar surface area (TPSA) is 45.8 Å². The smallest absolute Gasteiger partial charge is 0.215 e. The number of H-pyrrole nitrogens is 1. The highest BCUT2D eigenvalue weighted by atomic mass is 79.9. The van der Waals surface area contributed by atoms with Gasteiger partial charge in [-0.25, -0.2) is 0 Å². The van der Waals surface area contributed by atoms with Crippen LogP contribution >= 0.6 is 15.9 Å². The van der Waals surface area contributed by atoms with E-state index in [9.17, 15) is 4.79 Å². The first-order chi connectivity index (χ1) is 9.75. The molecule has 98 valence electrons. The minimum absolute atomic E-state index is 0.0720. The molecule has 1 aromatic heterocycles. The van der Waals surface area contributed by atoms with Crippen LogP contribution in [-0.4, -0.2) is 10.2 Å². The number of hydrogen-bond donors (Lipinski definition) is 1. The van der Waals surface area contributed by atoms with Gasteiger partial charge in [0.05, 0.1) is 0 Å². The van der Waals surface area contributed by atoms with Gasteiger partial charge in [0, 0.05) is 21.8 Å². The Morgan fingerprint density at radius 3 is 2.30 bits per heavy atom. The van der Waals surface area contributed by atoms with Gasteiger partial charge in [0.2, 0.25) is 5.43 Å². The number of nitrogens with zero attached hydrogens (tertiary/aromatic N) is 1. The molecule has 20 heavy (non-hydrogen) atoms. The minimum Gasteiger partial charge on any atom is -0.287 e. The molecule has 4 heteroatoms. The van der Waals surface area contributed by atoms with Crippen LogP contribution in [0.3, 0.4) is 0 Å². The first kappa shape index (κ1) is 12.8. The summed E-state index contributed by atoms with van der Waals surface area (Å²) in [6, 6.07) is 17.1. The zero-order valence-electron chi connectivity index (χ0n) is 10.5. The van der Waals surface area contributed by atoms with Gasteiger partial charge in [-0.3, -0.25) is 9.89 Å². The molecular formula is C16H11BrN2O. The highest BCUT2D eigenvalue weighted by molar-refractivity contribution is 9.10. The molecule has 0 unspecified atom stereocenters. The first-order valence-corrected chi connectivity index (χ1v) is 6.94. The Balaban J connectivity index is 2.15. The summed E-state index contributed by atoms with van der Waals surface area (Å²) in [6.07, 6.45) is 1.64. The van der Waals surface area contributed by atoms with E-state index >= 15 is 0 Å². The monoisotopic (exact) mass is 326 g/mol. The number of benzene rings is 2. The van der Waals surface area contributed by atoms with E-state index in [1.54, 1.807) is 6.20 Å². The van der Waals surface area contributed by atoms with Gasteiger partial charge in [-0.1, -0.05) is 58.4 Å². The van der Waals surface area contributed by atoms with E-state index in [-0.39, 0.29) is 5.43 Å². The molecule has 0 aliphatic heterocycles. The third-order valence-corrected chi connectivity index (χ3v) is 3.58. The fraction of sp³-hybridized carbons (Fsp3) is 0. The van der Waals surface area contributed by atoms with Crippen LogP contribution in [0.15, 0.2) is 70.1 Å². The van der Waals surface area contributed by atoms with E-state index in [1.807, 2.05) is 54.6 Å². The van der Waals surface area contributed by atoms with Gasteiger partial charge in [0.1, 0.15) is 5.69 Å². The normalized spacial score (nSPS) is 10.4. The fourth-order valence-electron chi connectivity index (χ4n) is 2.04. The highest BCUT2D eigenvalue weighted by Gasteiger charge is 2.10. The van der Waals surface area contributed by atoms with Crippen molar-refractivity contribution in [2.75, 3.05) is 0 Å². The zero-order valence-corrected chi connectivity index (χ0v) is 12.1. The molecule has 3 rings (SSSR count). The average Bonchev–Trinajstić information content (AvgIpc) is 2.49. The molecule has 0 saturated carbocycles. The second kappa shape index (κ2) is 5.43. The van der Waals surface area contributed by atoms with Crippen molar-refractivity contribution in [3.8, 4) is 22.4 Å². The summed E-state index contributed by atoms with van der Waals surface area (Å²) >= 11 is 3.38. The number of halogens is 1. The van der Waals surface area contributed by atoms with Crippen molar-refractivity contribution in [1.29, 1.82) is 0 Å². The van der Waals surface area contributed by atoms with E-state index in [4.69, 9.17) is 0 Å². The van der Waals surface area contributed by atoms with E-state index in [0.29, 0.717) is 11.3 Å². The molecule has 3 nitrogen and oxygen atoms in total. The summed E-state index contributed by atoms with van der Waals surface area (Å²) in [7, 11) is 0. The van der Waals surface area contributed by atoms with Crippen LogP contribution in [0.1, 0.15) is 0 Å². The Hall–Kier alpha value is -2.20. The summed E-state index contributed by atoms with van der Waals surface area (Å²) in [5.74, 6) is 0. The van der Waals surface area contributed by atoms with Crippen molar-refractivity contribution in [2.24, 2.45) is 0 Å². The standard InChI is InChI=1S/C16H11BrN2O/c17-13-8-6-12(7-9-13)15-16(20)14(10-18-19-15)11-4-2-1-3-5-11/h1-10H,(H,18,20). The van der Waals surface area contributed by atoms with Crippen LogP contribution in [-0.2, 0) is 0 Å². The number of rotatable bonds is 2. The minimum atomic E-state index is -0.0720. The average molecular weight is 327 g/mol. The summed E-state index contributed by atoms with van der Waals surface area (Å²) in [6.45, 7) is 0. The van der Waals surface area contributed by atoms with Crippen molar-refractivity contribution in [2.45, 2.75) is 0 Å². The van der Waals surface area contributed by atoms with Gasteiger partial charge >= 0.3 is 0 Å². The van der Waals surface area contributed by atoms with Crippen LogP contribution in [0.5, 0.6) is 0 Å². The molecule has 0 bridgehead atoms. The maximum atomic E-state index is 12.6. The Bertz CT molecular complexity index is 780. The lowest BCUT2D eigenvalue weighted by molar-refractivity contribution is 1.03. The molecule has 0 aliphatic carbocycles. The second-order valence-corrected chi connectivity index (χ2v) is 5.27. The van der Waals surface area contributed by atoms with E-state index in [2.05, 4.69) is 26.1 Å². The van der Waals surface area contributed by atoms with Crippen LogP contribution in [0, 0.1) is 0 Å². The molecule has 0 radical (unpaired) electrons. The van der Waals surface area contributed by atoms with Crippen LogP contribution in [0.25, 0.3) is 22.4 Å². The van der Waals surface area contributed by atoms with Crippen molar-refractivity contribution in [1.82, 2.24) is 10.2 Å². The molecule has 1 heterocycles. The summed E-state index contributed by atoms with van der Waals surface area (Å²) in [5.41, 5.74) is 2.66. The van der Waals surface area contributed by atoms with Gasteiger partial charge in [-0.2, -0.15) is 5.10 Å². The van der Waals surface area contributed by atoms with Gasteiger partial charge in [-0.05, 0) is 17.7 Å². The maximum Gasteiger partial charge on any atom is 0.215 e. The van der Waals surface area contributed by atoms with E-state index in [1.165, 1.54) is 0 Å². The molecule has 2 aromatic carbocycles. The SMILES string of the molecule is O=c1c(-c2ccccc2)c[nH]nc1-c1ccc(Br)cc1. The predicted octanol–water partition coefficient (Wildman–Crippen LogP) is 3.87.